The number of rotatable bonds is 5. The van der Waals surface area contributed by atoms with Crippen LogP contribution in [0.2, 0.25) is 0 Å². The molecule has 6 nitrogen and oxygen atoms in total. The molecule has 1 aliphatic rings. The normalized spacial score (nSPS) is 16.8. The van der Waals surface area contributed by atoms with Crippen molar-refractivity contribution in [2.45, 2.75) is 32.9 Å². The lowest BCUT2D eigenvalue weighted by atomic mass is 10.1. The molecule has 1 saturated heterocycles. The highest BCUT2D eigenvalue weighted by atomic mass is 19.1. The maximum atomic E-state index is 13.3. The van der Waals surface area contributed by atoms with Crippen molar-refractivity contribution in [3.8, 4) is 0 Å². The predicted molar refractivity (Wildman–Crippen MR) is 95.1 cm³/mol. The van der Waals surface area contributed by atoms with Gasteiger partial charge in [0.2, 0.25) is 0 Å². The zero-order valence-electron chi connectivity index (χ0n) is 15.1. The van der Waals surface area contributed by atoms with E-state index < -0.39 is 0 Å². The van der Waals surface area contributed by atoms with E-state index in [2.05, 4.69) is 33.8 Å². The van der Waals surface area contributed by atoms with E-state index in [-0.39, 0.29) is 5.82 Å². The number of fused-ring (bicyclic) bond motifs is 1. The molecule has 0 aliphatic carbocycles. The number of aromatic nitrogens is 2. The van der Waals surface area contributed by atoms with Crippen LogP contribution in [0.4, 0.5) is 4.39 Å². The number of hydrogen-bond donors (Lipinski definition) is 0. The Hall–Kier alpha value is -2.25. The van der Waals surface area contributed by atoms with Crippen molar-refractivity contribution in [1.29, 1.82) is 0 Å². The van der Waals surface area contributed by atoms with Crippen molar-refractivity contribution in [2.24, 2.45) is 0 Å². The molecule has 0 saturated carbocycles. The minimum Gasteiger partial charge on any atom is -0.448 e. The molecule has 2 aromatic heterocycles. The van der Waals surface area contributed by atoms with Gasteiger partial charge in [0.05, 0.1) is 5.69 Å². The third kappa shape index (κ3) is 3.50. The van der Waals surface area contributed by atoms with Crippen LogP contribution in [-0.2, 0) is 13.1 Å². The van der Waals surface area contributed by atoms with Crippen molar-refractivity contribution in [3.63, 3.8) is 0 Å². The molecule has 1 aliphatic heterocycles. The van der Waals surface area contributed by atoms with Crippen LogP contribution in [0, 0.1) is 5.82 Å². The summed E-state index contributed by atoms with van der Waals surface area (Å²) >= 11 is 0. The van der Waals surface area contributed by atoms with Gasteiger partial charge in [-0.05, 0) is 12.1 Å². The van der Waals surface area contributed by atoms with Crippen molar-refractivity contribution in [3.05, 3.63) is 47.6 Å². The van der Waals surface area contributed by atoms with Crippen LogP contribution in [0.5, 0.6) is 0 Å². The molecule has 4 rings (SSSR count). The SMILES string of the molecule is CC(C)c1ocnc1CN1CCN(Cc2noc3cc(F)ccc23)CC1. The van der Waals surface area contributed by atoms with E-state index >= 15 is 0 Å². The molecule has 138 valence electrons. The smallest absolute Gasteiger partial charge is 0.181 e. The molecule has 0 amide bonds. The van der Waals surface area contributed by atoms with Crippen molar-refractivity contribution in [2.75, 3.05) is 26.2 Å². The van der Waals surface area contributed by atoms with Crippen LogP contribution < -0.4 is 0 Å². The third-order valence-corrected chi connectivity index (χ3v) is 4.92. The Morgan fingerprint density at radius 2 is 1.77 bits per heavy atom. The van der Waals surface area contributed by atoms with Gasteiger partial charge < -0.3 is 8.94 Å². The number of nitrogens with zero attached hydrogens (tertiary/aromatic N) is 4. The van der Waals surface area contributed by atoms with Crippen LogP contribution >= 0.6 is 0 Å². The van der Waals surface area contributed by atoms with Gasteiger partial charge in [-0.15, -0.1) is 0 Å². The quantitative estimate of drug-likeness (QED) is 0.697. The summed E-state index contributed by atoms with van der Waals surface area (Å²) in [6, 6.07) is 4.57. The number of hydrogen-bond acceptors (Lipinski definition) is 6. The lowest BCUT2D eigenvalue weighted by molar-refractivity contribution is 0.119. The minimum atomic E-state index is -0.303. The lowest BCUT2D eigenvalue weighted by Gasteiger charge is -2.34. The number of halogens is 1. The highest BCUT2D eigenvalue weighted by Gasteiger charge is 2.22. The first-order valence-corrected chi connectivity index (χ1v) is 9.01. The van der Waals surface area contributed by atoms with Crippen LogP contribution in [0.25, 0.3) is 11.0 Å². The Labute approximate surface area is 151 Å². The number of oxazole rings is 1. The molecule has 0 radical (unpaired) electrons. The molecule has 3 aromatic rings. The topological polar surface area (TPSA) is 58.5 Å². The first kappa shape index (κ1) is 17.2. The van der Waals surface area contributed by atoms with Gasteiger partial charge in [0, 0.05) is 56.6 Å². The summed E-state index contributed by atoms with van der Waals surface area (Å²) in [5, 5.41) is 5.01. The fraction of sp³-hybridized carbons (Fsp3) is 0.474. The first-order chi connectivity index (χ1) is 12.6. The summed E-state index contributed by atoms with van der Waals surface area (Å²) in [6.45, 7) is 9.61. The van der Waals surface area contributed by atoms with Crippen LogP contribution in [-0.4, -0.2) is 46.1 Å². The molecule has 26 heavy (non-hydrogen) atoms. The monoisotopic (exact) mass is 358 g/mol. The van der Waals surface area contributed by atoms with Gasteiger partial charge in [-0.1, -0.05) is 19.0 Å². The average Bonchev–Trinajstić information content (AvgIpc) is 3.23. The molecule has 3 heterocycles. The molecule has 1 fully saturated rings. The van der Waals surface area contributed by atoms with Crippen molar-refractivity contribution < 1.29 is 13.3 Å². The van der Waals surface area contributed by atoms with E-state index in [1.54, 1.807) is 12.5 Å². The standard InChI is InChI=1S/C19H23FN4O2/c1-13(2)19-17(21-12-25-19)11-24-7-5-23(6-8-24)10-16-15-4-3-14(20)9-18(15)26-22-16/h3-4,9,12-13H,5-8,10-11H2,1-2H3. The summed E-state index contributed by atoms with van der Waals surface area (Å²) in [5.41, 5.74) is 2.41. The second-order valence-corrected chi connectivity index (χ2v) is 7.14. The molecular weight excluding hydrogens is 335 g/mol. The number of benzene rings is 1. The molecule has 0 unspecified atom stereocenters. The van der Waals surface area contributed by atoms with Gasteiger partial charge in [-0.3, -0.25) is 9.80 Å². The Balaban J connectivity index is 1.35. The Kier molecular flexibility index (Phi) is 4.74. The summed E-state index contributed by atoms with van der Waals surface area (Å²) in [6.07, 6.45) is 1.54. The first-order valence-electron chi connectivity index (χ1n) is 9.01. The molecular formula is C19H23FN4O2. The minimum absolute atomic E-state index is 0.303. The van der Waals surface area contributed by atoms with Gasteiger partial charge in [0.25, 0.3) is 0 Å². The van der Waals surface area contributed by atoms with Gasteiger partial charge in [-0.2, -0.15) is 0 Å². The second kappa shape index (κ2) is 7.17. The average molecular weight is 358 g/mol. The van der Waals surface area contributed by atoms with Crippen LogP contribution in [0.15, 0.2) is 33.5 Å². The van der Waals surface area contributed by atoms with E-state index in [0.29, 0.717) is 18.0 Å². The van der Waals surface area contributed by atoms with E-state index in [1.807, 2.05) is 0 Å². The van der Waals surface area contributed by atoms with E-state index in [0.717, 1.165) is 55.3 Å². The van der Waals surface area contributed by atoms with Gasteiger partial charge >= 0.3 is 0 Å². The maximum absolute atomic E-state index is 13.3. The van der Waals surface area contributed by atoms with Gasteiger partial charge in [-0.25, -0.2) is 9.37 Å². The molecule has 0 spiro atoms. The van der Waals surface area contributed by atoms with E-state index in [1.165, 1.54) is 12.1 Å². The fourth-order valence-corrected chi connectivity index (χ4v) is 3.47. The Bertz CT molecular complexity index is 881. The predicted octanol–water partition coefficient (Wildman–Crippen LogP) is 3.40. The van der Waals surface area contributed by atoms with Crippen LogP contribution in [0.3, 0.4) is 0 Å². The summed E-state index contributed by atoms with van der Waals surface area (Å²) in [4.78, 5) is 9.13. The molecule has 0 atom stereocenters. The molecule has 7 heteroatoms. The van der Waals surface area contributed by atoms with Crippen molar-refractivity contribution in [1.82, 2.24) is 19.9 Å². The summed E-state index contributed by atoms with van der Waals surface area (Å²) < 4.78 is 24.0. The summed E-state index contributed by atoms with van der Waals surface area (Å²) in [5.74, 6) is 1.02. The molecule has 0 N–H and O–H groups in total. The Morgan fingerprint density at radius 1 is 1.08 bits per heavy atom. The summed E-state index contributed by atoms with van der Waals surface area (Å²) in [7, 11) is 0. The number of piperazine rings is 1. The Morgan fingerprint density at radius 3 is 2.46 bits per heavy atom. The third-order valence-electron chi connectivity index (χ3n) is 4.92. The maximum Gasteiger partial charge on any atom is 0.181 e. The highest BCUT2D eigenvalue weighted by molar-refractivity contribution is 5.79. The van der Waals surface area contributed by atoms with Crippen molar-refractivity contribution >= 4 is 11.0 Å². The van der Waals surface area contributed by atoms with E-state index in [4.69, 9.17) is 8.94 Å². The zero-order chi connectivity index (χ0) is 18.1. The zero-order valence-corrected chi connectivity index (χ0v) is 15.1. The lowest BCUT2D eigenvalue weighted by Crippen LogP contribution is -2.45. The van der Waals surface area contributed by atoms with Gasteiger partial charge in [0.15, 0.2) is 12.0 Å². The second-order valence-electron chi connectivity index (χ2n) is 7.14. The van der Waals surface area contributed by atoms with Crippen LogP contribution in [0.1, 0.15) is 36.9 Å². The van der Waals surface area contributed by atoms with Gasteiger partial charge in [0.1, 0.15) is 17.3 Å². The largest absolute Gasteiger partial charge is 0.448 e. The fourth-order valence-electron chi connectivity index (χ4n) is 3.47. The van der Waals surface area contributed by atoms with E-state index in [9.17, 15) is 4.39 Å². The molecule has 0 bridgehead atoms. The highest BCUT2D eigenvalue weighted by Crippen LogP contribution is 2.22. The molecule has 1 aromatic carbocycles.